The van der Waals surface area contributed by atoms with E-state index in [1.807, 2.05) is 79.0 Å². The maximum absolute atomic E-state index is 14.1. The van der Waals surface area contributed by atoms with Gasteiger partial charge in [-0.3, -0.25) is 9.59 Å². The van der Waals surface area contributed by atoms with Gasteiger partial charge in [0.05, 0.1) is 11.1 Å². The predicted octanol–water partition coefficient (Wildman–Crippen LogP) is 7.64. The third kappa shape index (κ3) is 5.54. The number of fused-ring (bicyclic) bond motifs is 1. The summed E-state index contributed by atoms with van der Waals surface area (Å²) in [6.45, 7) is 4.03. The summed E-state index contributed by atoms with van der Waals surface area (Å²) in [7, 11) is 4.03. The van der Waals surface area contributed by atoms with Gasteiger partial charge in [0.2, 0.25) is 5.91 Å². The van der Waals surface area contributed by atoms with E-state index in [1.165, 1.54) is 33.6 Å². The average Bonchev–Trinajstić information content (AvgIpc) is 3.55. The van der Waals surface area contributed by atoms with Crippen LogP contribution in [0.25, 0.3) is 11.3 Å². The van der Waals surface area contributed by atoms with Gasteiger partial charge < -0.3 is 15.1 Å². The fourth-order valence-electron chi connectivity index (χ4n) is 7.26. The third-order valence-electron chi connectivity index (χ3n) is 9.60. The molecule has 3 aliphatic rings. The Bertz CT molecular complexity index is 1850. The summed E-state index contributed by atoms with van der Waals surface area (Å²) in [5.41, 5.74) is 7.88. The summed E-state index contributed by atoms with van der Waals surface area (Å²) < 4.78 is 0. The molecule has 2 bridgehead atoms. The van der Waals surface area contributed by atoms with Crippen LogP contribution < -0.4 is 5.32 Å². The van der Waals surface area contributed by atoms with E-state index in [0.717, 1.165) is 29.8 Å². The molecule has 1 unspecified atom stereocenters. The molecule has 0 saturated heterocycles. The predicted molar refractivity (Wildman–Crippen MR) is 185 cm³/mol. The van der Waals surface area contributed by atoms with Gasteiger partial charge in [-0.15, -0.1) is 11.3 Å². The van der Waals surface area contributed by atoms with Crippen LogP contribution in [0.4, 0.5) is 5.13 Å². The van der Waals surface area contributed by atoms with Crippen molar-refractivity contribution in [3.05, 3.63) is 142 Å². The second-order valence-electron chi connectivity index (χ2n) is 13.0. The number of benzene rings is 4. The van der Waals surface area contributed by atoms with Crippen LogP contribution in [-0.4, -0.2) is 53.8 Å². The van der Waals surface area contributed by atoms with Crippen LogP contribution in [-0.2, 0) is 11.3 Å². The second kappa shape index (κ2) is 12.3. The Kier molecular flexibility index (Phi) is 8.05. The molecule has 8 rings (SSSR count). The molecule has 0 radical (unpaired) electrons. The number of hydrogen-bond acceptors (Lipinski definition) is 5. The van der Waals surface area contributed by atoms with Crippen molar-refractivity contribution in [3.63, 3.8) is 0 Å². The first-order chi connectivity index (χ1) is 22.3. The lowest BCUT2D eigenvalue weighted by Gasteiger charge is -2.50. The number of carbonyl (C=O) groups excluding carboxylic acids is 2. The Morgan fingerprint density at radius 1 is 0.848 bits per heavy atom. The number of nitrogens with zero attached hydrogens (tertiary/aromatic N) is 3. The lowest BCUT2D eigenvalue weighted by atomic mass is 9.52. The first-order valence-electron chi connectivity index (χ1n) is 15.8. The van der Waals surface area contributed by atoms with Crippen molar-refractivity contribution < 1.29 is 9.59 Å². The Morgan fingerprint density at radius 2 is 1.50 bits per heavy atom. The molecule has 0 fully saturated rings. The van der Waals surface area contributed by atoms with Crippen LogP contribution in [0.15, 0.2) is 109 Å². The quantitative estimate of drug-likeness (QED) is 0.183. The highest BCUT2D eigenvalue weighted by molar-refractivity contribution is 7.14. The van der Waals surface area contributed by atoms with Crippen molar-refractivity contribution in [1.82, 2.24) is 14.8 Å². The van der Waals surface area contributed by atoms with Crippen molar-refractivity contribution in [2.24, 2.45) is 5.41 Å². The van der Waals surface area contributed by atoms with Gasteiger partial charge in [-0.2, -0.15) is 0 Å². The SMILES string of the molecule is CN(C)CCN(Cc1ccccc1)C(=O)c1cccc(-c2csc(NC(=O)C3(C)CC4c5ccccc5C3c3ccccc34)n2)c1. The maximum Gasteiger partial charge on any atom is 0.254 e. The minimum absolute atomic E-state index is 0.00576. The van der Waals surface area contributed by atoms with Crippen LogP contribution in [0, 0.1) is 5.41 Å². The number of likely N-dealkylation sites (N-methyl/N-ethyl adjacent to an activating group) is 1. The number of hydrogen-bond donors (Lipinski definition) is 1. The monoisotopic (exact) mass is 626 g/mol. The van der Waals surface area contributed by atoms with E-state index in [2.05, 4.69) is 65.7 Å². The highest BCUT2D eigenvalue weighted by atomic mass is 32.1. The van der Waals surface area contributed by atoms with Crippen molar-refractivity contribution in [1.29, 1.82) is 0 Å². The van der Waals surface area contributed by atoms with E-state index in [9.17, 15) is 9.59 Å². The first-order valence-corrected chi connectivity index (χ1v) is 16.7. The summed E-state index contributed by atoms with van der Waals surface area (Å²) in [5.74, 6) is 0.156. The van der Waals surface area contributed by atoms with Gasteiger partial charge in [0.25, 0.3) is 5.91 Å². The summed E-state index contributed by atoms with van der Waals surface area (Å²) in [5, 5.41) is 5.71. The Labute approximate surface area is 274 Å². The minimum atomic E-state index is -0.611. The van der Waals surface area contributed by atoms with Crippen LogP contribution in [0.2, 0.25) is 0 Å². The van der Waals surface area contributed by atoms with Gasteiger partial charge in [0.1, 0.15) is 0 Å². The number of rotatable bonds is 9. The Balaban J connectivity index is 1.11. The highest BCUT2D eigenvalue weighted by Crippen LogP contribution is 2.61. The van der Waals surface area contributed by atoms with Crippen LogP contribution in [0.3, 0.4) is 0 Å². The van der Waals surface area contributed by atoms with Crippen LogP contribution in [0.5, 0.6) is 0 Å². The van der Waals surface area contributed by atoms with Gasteiger partial charge in [0.15, 0.2) is 5.13 Å². The lowest BCUT2D eigenvalue weighted by Crippen LogP contribution is -2.47. The van der Waals surface area contributed by atoms with Crippen LogP contribution in [0.1, 0.15) is 63.4 Å². The van der Waals surface area contributed by atoms with Gasteiger partial charge in [-0.05, 0) is 67.4 Å². The molecule has 1 atom stereocenters. The lowest BCUT2D eigenvalue weighted by molar-refractivity contribution is -0.126. The zero-order chi connectivity index (χ0) is 31.8. The first kappa shape index (κ1) is 30.1. The molecule has 0 aliphatic heterocycles. The number of nitrogens with one attached hydrogen (secondary N) is 1. The summed E-state index contributed by atoms with van der Waals surface area (Å²) >= 11 is 1.42. The Hall–Kier alpha value is -4.59. The fraction of sp³-hybridized carbons (Fsp3) is 0.256. The number of aromatic nitrogens is 1. The molecule has 6 nitrogen and oxygen atoms in total. The van der Waals surface area contributed by atoms with Gasteiger partial charge >= 0.3 is 0 Å². The maximum atomic E-state index is 14.1. The van der Waals surface area contributed by atoms with Crippen molar-refractivity contribution in [2.75, 3.05) is 32.5 Å². The summed E-state index contributed by atoms with van der Waals surface area (Å²) in [6.07, 6.45) is 0.757. The summed E-state index contributed by atoms with van der Waals surface area (Å²) in [4.78, 5) is 36.7. The van der Waals surface area contributed by atoms with Gasteiger partial charge in [0, 0.05) is 48.0 Å². The molecule has 0 saturated carbocycles. The van der Waals surface area contributed by atoms with Crippen LogP contribution >= 0.6 is 11.3 Å². The van der Waals surface area contributed by atoms with E-state index in [1.54, 1.807) is 0 Å². The van der Waals surface area contributed by atoms with E-state index in [4.69, 9.17) is 4.98 Å². The molecule has 7 heteroatoms. The summed E-state index contributed by atoms with van der Waals surface area (Å²) in [6, 6.07) is 34.9. The smallest absolute Gasteiger partial charge is 0.254 e. The molecule has 1 heterocycles. The largest absolute Gasteiger partial charge is 0.333 e. The number of anilines is 1. The molecule has 4 aromatic carbocycles. The van der Waals surface area contributed by atoms with Crippen molar-refractivity contribution in [2.45, 2.75) is 31.7 Å². The fourth-order valence-corrected chi connectivity index (χ4v) is 7.98. The molecule has 1 N–H and O–H groups in total. The molecule has 2 amide bonds. The minimum Gasteiger partial charge on any atom is -0.333 e. The molecule has 1 aromatic heterocycles. The van der Waals surface area contributed by atoms with E-state index < -0.39 is 5.41 Å². The van der Waals surface area contributed by atoms with Crippen molar-refractivity contribution >= 4 is 28.3 Å². The van der Waals surface area contributed by atoms with E-state index in [-0.39, 0.29) is 23.7 Å². The number of amides is 2. The number of thiazole rings is 1. The molecule has 0 spiro atoms. The second-order valence-corrected chi connectivity index (χ2v) is 13.8. The van der Waals surface area contributed by atoms with Gasteiger partial charge in [-0.1, -0.05) is 91.0 Å². The zero-order valence-corrected chi connectivity index (χ0v) is 27.3. The highest BCUT2D eigenvalue weighted by Gasteiger charge is 2.54. The normalized spacial score (nSPS) is 19.4. The van der Waals surface area contributed by atoms with Gasteiger partial charge in [-0.25, -0.2) is 4.98 Å². The number of carbonyl (C=O) groups is 2. The molecular formula is C39H38N4O2S. The van der Waals surface area contributed by atoms with Crippen molar-refractivity contribution in [3.8, 4) is 11.3 Å². The third-order valence-corrected chi connectivity index (χ3v) is 10.4. The zero-order valence-electron chi connectivity index (χ0n) is 26.4. The molecule has 5 aromatic rings. The standard InChI is InChI=1S/C39H38N4O2S/c1-39(23-33-29-16-7-9-18-31(29)35(39)32-19-10-8-17-30(32)33)37(45)41-38-40-34(25-46-38)27-14-11-15-28(22-27)36(44)43(21-20-42(2)3)24-26-12-5-4-6-13-26/h4-19,22,25,33,35H,20-21,23-24H2,1-3H3,(H,40,41,45). The average molecular weight is 627 g/mol. The van der Waals surface area contributed by atoms with E-state index >= 15 is 0 Å². The van der Waals surface area contributed by atoms with E-state index in [0.29, 0.717) is 23.8 Å². The molecule has 3 aliphatic carbocycles. The molecular weight excluding hydrogens is 589 g/mol. The molecule has 232 valence electrons. The topological polar surface area (TPSA) is 65.5 Å². The Morgan fingerprint density at radius 3 is 2.17 bits per heavy atom. The molecule has 46 heavy (non-hydrogen) atoms.